The van der Waals surface area contributed by atoms with Crippen molar-refractivity contribution in [3.8, 4) is 0 Å². The number of nitrogens with zero attached hydrogens (tertiary/aromatic N) is 5. The van der Waals surface area contributed by atoms with Crippen molar-refractivity contribution in [3.05, 3.63) is 35.2 Å². The molecule has 0 bridgehead atoms. The smallest absolute Gasteiger partial charge is 0.122 e. The average Bonchev–Trinajstić information content (AvgIpc) is 3.13. The number of imidazole rings is 1. The van der Waals surface area contributed by atoms with E-state index in [9.17, 15) is 0 Å². The molecule has 1 unspecified atom stereocenters. The zero-order valence-corrected chi connectivity index (χ0v) is 13.5. The zero-order chi connectivity index (χ0) is 15.0. The van der Waals surface area contributed by atoms with Gasteiger partial charge < -0.3 is 4.57 Å². The second-order valence-corrected chi connectivity index (χ2v) is 5.97. The van der Waals surface area contributed by atoms with E-state index in [2.05, 4.69) is 46.5 Å². The van der Waals surface area contributed by atoms with E-state index in [4.69, 9.17) is 0 Å². The molecule has 0 radical (unpaired) electrons. The summed E-state index contributed by atoms with van der Waals surface area (Å²) in [5.74, 6) is 1.17. The van der Waals surface area contributed by atoms with Crippen molar-refractivity contribution >= 4 is 0 Å². The Morgan fingerprint density at radius 1 is 1.33 bits per heavy atom. The highest BCUT2D eigenvalue weighted by Crippen LogP contribution is 2.36. The number of hydrogen-bond donors (Lipinski definition) is 0. The summed E-state index contributed by atoms with van der Waals surface area (Å²) in [5.41, 5.74) is 3.89. The Bertz CT molecular complexity index is 625. The molecule has 5 nitrogen and oxygen atoms in total. The molecule has 0 aromatic carbocycles. The van der Waals surface area contributed by atoms with Crippen LogP contribution in [-0.2, 0) is 20.1 Å². The van der Waals surface area contributed by atoms with Gasteiger partial charge in [-0.25, -0.2) is 4.98 Å². The predicted molar refractivity (Wildman–Crippen MR) is 83.0 cm³/mol. The van der Waals surface area contributed by atoms with Gasteiger partial charge in [-0.3, -0.25) is 9.58 Å². The molecule has 2 aromatic heterocycles. The zero-order valence-electron chi connectivity index (χ0n) is 13.5. The van der Waals surface area contributed by atoms with E-state index in [0.717, 1.165) is 19.6 Å². The number of rotatable bonds is 4. The monoisotopic (exact) mass is 287 g/mol. The fraction of sp³-hybridized carbons (Fsp3) is 0.625. The lowest BCUT2D eigenvalue weighted by atomic mass is 10.0. The van der Waals surface area contributed by atoms with Crippen LogP contribution in [-0.4, -0.2) is 30.8 Å². The maximum absolute atomic E-state index is 4.59. The summed E-state index contributed by atoms with van der Waals surface area (Å²) in [6.45, 7) is 9.54. The van der Waals surface area contributed by atoms with Gasteiger partial charge in [0.2, 0.25) is 0 Å². The molecular formula is C16H25N5. The van der Waals surface area contributed by atoms with Crippen LogP contribution in [0.2, 0.25) is 0 Å². The van der Waals surface area contributed by atoms with Gasteiger partial charge in [0.15, 0.2) is 0 Å². The summed E-state index contributed by atoms with van der Waals surface area (Å²) < 4.78 is 4.24. The Kier molecular flexibility index (Phi) is 3.85. The summed E-state index contributed by atoms with van der Waals surface area (Å²) in [5, 5.41) is 4.59. The quantitative estimate of drug-likeness (QED) is 0.867. The van der Waals surface area contributed by atoms with E-state index in [-0.39, 0.29) is 0 Å². The Balaban J connectivity index is 1.86. The van der Waals surface area contributed by atoms with Crippen molar-refractivity contribution in [3.63, 3.8) is 0 Å². The largest absolute Gasteiger partial charge is 0.334 e. The van der Waals surface area contributed by atoms with Gasteiger partial charge in [-0.1, -0.05) is 0 Å². The predicted octanol–water partition coefficient (Wildman–Crippen LogP) is 2.59. The van der Waals surface area contributed by atoms with Gasteiger partial charge in [0.25, 0.3) is 0 Å². The lowest BCUT2D eigenvalue weighted by Gasteiger charge is -2.25. The molecule has 1 aliphatic rings. The van der Waals surface area contributed by atoms with Gasteiger partial charge in [0, 0.05) is 43.3 Å². The molecule has 3 rings (SSSR count). The Morgan fingerprint density at radius 2 is 2.14 bits per heavy atom. The van der Waals surface area contributed by atoms with Crippen molar-refractivity contribution in [1.82, 2.24) is 24.2 Å². The van der Waals surface area contributed by atoms with E-state index >= 15 is 0 Å². The first-order valence-corrected chi connectivity index (χ1v) is 7.86. The number of aromatic nitrogens is 4. The summed E-state index contributed by atoms with van der Waals surface area (Å²) >= 11 is 0. The second kappa shape index (κ2) is 5.64. The average molecular weight is 287 g/mol. The third kappa shape index (κ3) is 2.50. The first-order chi connectivity index (χ1) is 10.1. The lowest BCUT2D eigenvalue weighted by molar-refractivity contribution is 0.237. The molecule has 0 N–H and O–H groups in total. The molecule has 0 saturated carbocycles. The van der Waals surface area contributed by atoms with E-state index in [1.165, 1.54) is 35.6 Å². The third-order valence-corrected chi connectivity index (χ3v) is 4.75. The lowest BCUT2D eigenvalue weighted by Crippen LogP contribution is -2.25. The van der Waals surface area contributed by atoms with Crippen LogP contribution in [0.1, 0.15) is 48.6 Å². The fourth-order valence-corrected chi connectivity index (χ4v) is 3.58. The first-order valence-electron chi connectivity index (χ1n) is 7.86. The molecular weight excluding hydrogens is 262 g/mol. The highest BCUT2D eigenvalue weighted by Gasteiger charge is 2.30. The maximum atomic E-state index is 4.59. The van der Waals surface area contributed by atoms with Crippen LogP contribution >= 0.6 is 0 Å². The van der Waals surface area contributed by atoms with Gasteiger partial charge in [-0.15, -0.1) is 0 Å². The molecule has 114 valence electrons. The summed E-state index contributed by atoms with van der Waals surface area (Å²) in [4.78, 5) is 7.09. The summed E-state index contributed by atoms with van der Waals surface area (Å²) in [6, 6.07) is 0.487. The van der Waals surface area contributed by atoms with E-state index in [1.807, 2.05) is 17.9 Å². The van der Waals surface area contributed by atoms with Crippen LogP contribution in [0.25, 0.3) is 0 Å². The molecule has 5 heteroatoms. The van der Waals surface area contributed by atoms with Crippen LogP contribution in [0.5, 0.6) is 0 Å². The van der Waals surface area contributed by atoms with Crippen molar-refractivity contribution in [2.45, 2.75) is 52.7 Å². The number of aryl methyl sites for hydroxylation is 3. The van der Waals surface area contributed by atoms with Gasteiger partial charge in [-0.2, -0.15) is 5.10 Å². The van der Waals surface area contributed by atoms with Gasteiger partial charge in [-0.05, 0) is 40.2 Å². The van der Waals surface area contributed by atoms with Gasteiger partial charge in [0.1, 0.15) is 5.82 Å². The van der Waals surface area contributed by atoms with Crippen molar-refractivity contribution in [1.29, 1.82) is 0 Å². The Labute approximate surface area is 126 Å². The van der Waals surface area contributed by atoms with Gasteiger partial charge in [0.05, 0.1) is 12.2 Å². The number of likely N-dealkylation sites (tertiary alicyclic amines) is 1. The van der Waals surface area contributed by atoms with Crippen LogP contribution in [0.3, 0.4) is 0 Å². The molecule has 0 amide bonds. The van der Waals surface area contributed by atoms with Crippen LogP contribution in [0.4, 0.5) is 0 Å². The van der Waals surface area contributed by atoms with Crippen molar-refractivity contribution in [2.24, 2.45) is 7.05 Å². The van der Waals surface area contributed by atoms with Gasteiger partial charge >= 0.3 is 0 Å². The Hall–Kier alpha value is -1.62. The van der Waals surface area contributed by atoms with Crippen LogP contribution in [0.15, 0.2) is 12.4 Å². The van der Waals surface area contributed by atoms with Crippen molar-refractivity contribution in [2.75, 3.05) is 6.54 Å². The SMILES string of the molecule is CCn1ccnc1CN1CCCC1c1c(C)nn(C)c1C. The maximum Gasteiger partial charge on any atom is 0.122 e. The molecule has 2 aromatic rings. The standard InChI is InChI=1S/C16H25N5/c1-5-20-10-8-17-15(20)11-21-9-6-7-14(21)16-12(2)18-19(4)13(16)3/h8,10,14H,5-7,9,11H2,1-4H3. The molecule has 1 atom stereocenters. The summed E-state index contributed by atoms with van der Waals surface area (Å²) in [6.07, 6.45) is 6.46. The minimum absolute atomic E-state index is 0.487. The van der Waals surface area contributed by atoms with E-state index in [1.54, 1.807) is 0 Å². The fourth-order valence-electron chi connectivity index (χ4n) is 3.58. The molecule has 1 fully saturated rings. The normalized spacial score (nSPS) is 19.5. The highest BCUT2D eigenvalue weighted by molar-refractivity contribution is 5.29. The molecule has 1 aliphatic heterocycles. The summed E-state index contributed by atoms with van der Waals surface area (Å²) in [7, 11) is 2.04. The van der Waals surface area contributed by atoms with E-state index < -0.39 is 0 Å². The van der Waals surface area contributed by atoms with Crippen LogP contribution < -0.4 is 0 Å². The minimum atomic E-state index is 0.487. The van der Waals surface area contributed by atoms with Crippen LogP contribution in [0, 0.1) is 13.8 Å². The molecule has 21 heavy (non-hydrogen) atoms. The highest BCUT2D eigenvalue weighted by atomic mass is 15.3. The molecule has 3 heterocycles. The number of hydrogen-bond acceptors (Lipinski definition) is 3. The molecule has 0 aliphatic carbocycles. The molecule has 0 spiro atoms. The third-order valence-electron chi connectivity index (χ3n) is 4.75. The minimum Gasteiger partial charge on any atom is -0.334 e. The van der Waals surface area contributed by atoms with E-state index in [0.29, 0.717) is 6.04 Å². The first kappa shape index (κ1) is 14.3. The second-order valence-electron chi connectivity index (χ2n) is 5.97. The Morgan fingerprint density at radius 3 is 2.81 bits per heavy atom. The topological polar surface area (TPSA) is 38.9 Å². The van der Waals surface area contributed by atoms with Crippen molar-refractivity contribution < 1.29 is 0 Å². The molecule has 1 saturated heterocycles.